The maximum absolute atomic E-state index is 4.10. The Labute approximate surface area is 120 Å². The minimum Gasteiger partial charge on any atom is -0.353 e. The fourth-order valence-electron chi connectivity index (χ4n) is 2.26. The van der Waals surface area contributed by atoms with E-state index in [9.17, 15) is 0 Å². The Bertz CT molecular complexity index is 774. The van der Waals surface area contributed by atoms with Crippen molar-refractivity contribution in [1.82, 2.24) is 15.4 Å². The van der Waals surface area contributed by atoms with Crippen LogP contribution >= 0.6 is 11.8 Å². The van der Waals surface area contributed by atoms with Gasteiger partial charge in [0, 0.05) is 15.4 Å². The van der Waals surface area contributed by atoms with Gasteiger partial charge in [0.05, 0.1) is 23.3 Å². The van der Waals surface area contributed by atoms with E-state index in [0.717, 1.165) is 22.6 Å². The first kappa shape index (κ1) is 11.4. The number of nitrogens with one attached hydrogen (secondary N) is 1. The molecule has 0 unspecified atom stereocenters. The van der Waals surface area contributed by atoms with Crippen LogP contribution in [0.1, 0.15) is 0 Å². The first-order chi connectivity index (χ1) is 9.92. The van der Waals surface area contributed by atoms with Crippen LogP contribution in [0.4, 0.5) is 11.4 Å². The van der Waals surface area contributed by atoms with Gasteiger partial charge in [-0.2, -0.15) is 0 Å². The van der Waals surface area contributed by atoms with E-state index in [1.165, 1.54) is 9.79 Å². The third-order valence-corrected chi connectivity index (χ3v) is 4.31. The highest BCUT2D eigenvalue weighted by Crippen LogP contribution is 2.47. The lowest BCUT2D eigenvalue weighted by Crippen LogP contribution is -2.02. The number of hydrogen-bond acceptors (Lipinski definition) is 5. The summed E-state index contributed by atoms with van der Waals surface area (Å²) in [5.74, 6) is 0. The van der Waals surface area contributed by atoms with Crippen LogP contribution < -0.4 is 5.32 Å². The second-order valence-electron chi connectivity index (χ2n) is 4.41. The van der Waals surface area contributed by atoms with E-state index < -0.39 is 0 Å². The van der Waals surface area contributed by atoms with E-state index >= 15 is 0 Å². The zero-order valence-corrected chi connectivity index (χ0v) is 11.3. The number of rotatable bonds is 1. The van der Waals surface area contributed by atoms with E-state index in [0.29, 0.717) is 0 Å². The molecule has 1 aliphatic heterocycles. The van der Waals surface area contributed by atoms with Gasteiger partial charge in [0.15, 0.2) is 0 Å². The Hall–Kier alpha value is -2.40. The summed E-state index contributed by atoms with van der Waals surface area (Å²) >= 11 is 1.77. The quantitative estimate of drug-likeness (QED) is 0.574. The molecule has 0 spiro atoms. The molecule has 0 atom stereocenters. The highest BCUT2D eigenvalue weighted by molar-refractivity contribution is 7.99. The highest BCUT2D eigenvalue weighted by atomic mass is 32.2. The molecule has 0 saturated carbocycles. The Morgan fingerprint density at radius 1 is 0.900 bits per heavy atom. The summed E-state index contributed by atoms with van der Waals surface area (Å²) in [5, 5.41) is 15.1. The molecule has 0 bridgehead atoms. The first-order valence-electron chi connectivity index (χ1n) is 6.23. The summed E-state index contributed by atoms with van der Waals surface area (Å²) in [6.45, 7) is 0. The predicted molar refractivity (Wildman–Crippen MR) is 79.1 cm³/mol. The second kappa shape index (κ2) is 4.61. The molecule has 1 N–H and O–H groups in total. The van der Waals surface area contributed by atoms with Gasteiger partial charge >= 0.3 is 0 Å². The molecule has 1 aromatic heterocycles. The predicted octanol–water partition coefficient (Wildman–Crippen LogP) is 3.75. The molecule has 5 heteroatoms. The maximum Gasteiger partial charge on any atom is 0.0984 e. The van der Waals surface area contributed by atoms with Crippen molar-refractivity contribution in [3.8, 4) is 11.3 Å². The summed E-state index contributed by atoms with van der Waals surface area (Å²) in [6.07, 6.45) is 1.66. The van der Waals surface area contributed by atoms with Gasteiger partial charge in [0.1, 0.15) is 0 Å². The molecule has 2 heterocycles. The lowest BCUT2D eigenvalue weighted by atomic mass is 10.1. The van der Waals surface area contributed by atoms with Crippen molar-refractivity contribution in [2.24, 2.45) is 0 Å². The molecular weight excluding hydrogens is 268 g/mol. The first-order valence-corrected chi connectivity index (χ1v) is 7.05. The number of para-hydroxylation sites is 2. The number of anilines is 2. The molecule has 0 saturated heterocycles. The van der Waals surface area contributed by atoms with Crippen LogP contribution in [0.25, 0.3) is 11.3 Å². The number of benzene rings is 2. The molecule has 0 aliphatic carbocycles. The molecule has 20 heavy (non-hydrogen) atoms. The number of hydrogen-bond donors (Lipinski definition) is 1. The van der Waals surface area contributed by atoms with Gasteiger partial charge in [-0.3, -0.25) is 0 Å². The number of fused-ring (bicyclic) bond motifs is 2. The third-order valence-electron chi connectivity index (χ3n) is 3.17. The molecule has 3 aromatic rings. The summed E-state index contributed by atoms with van der Waals surface area (Å²) in [5.41, 5.74) is 4.07. The van der Waals surface area contributed by atoms with Crippen molar-refractivity contribution in [2.75, 3.05) is 5.32 Å². The fraction of sp³-hybridized carbons (Fsp3) is 0. The van der Waals surface area contributed by atoms with Crippen LogP contribution in [0.5, 0.6) is 0 Å². The maximum atomic E-state index is 4.10. The van der Waals surface area contributed by atoms with E-state index in [2.05, 4.69) is 45.0 Å². The zero-order valence-electron chi connectivity index (χ0n) is 10.4. The summed E-state index contributed by atoms with van der Waals surface area (Å²) < 4.78 is 0. The molecule has 96 valence electrons. The van der Waals surface area contributed by atoms with Gasteiger partial charge in [0.25, 0.3) is 0 Å². The van der Waals surface area contributed by atoms with Crippen molar-refractivity contribution in [1.29, 1.82) is 0 Å². The minimum atomic E-state index is 0.823. The number of aromatic nitrogens is 3. The highest BCUT2D eigenvalue weighted by Gasteiger charge is 2.19. The van der Waals surface area contributed by atoms with Crippen LogP contribution in [0, 0.1) is 0 Å². The lowest BCUT2D eigenvalue weighted by molar-refractivity contribution is 0.870. The molecule has 0 fully saturated rings. The molecule has 1 aliphatic rings. The van der Waals surface area contributed by atoms with Crippen LogP contribution in [0.2, 0.25) is 0 Å². The molecule has 4 nitrogen and oxygen atoms in total. The lowest BCUT2D eigenvalue weighted by Gasteiger charge is -2.22. The Kier molecular flexibility index (Phi) is 2.63. The van der Waals surface area contributed by atoms with Gasteiger partial charge in [0.2, 0.25) is 0 Å². The molecule has 4 rings (SSSR count). The van der Waals surface area contributed by atoms with E-state index in [1.54, 1.807) is 18.0 Å². The SMILES string of the molecule is c1ccc2c(c1)Nc1c(cccc1-c1ccnnn1)S2. The van der Waals surface area contributed by atoms with Crippen molar-refractivity contribution in [2.45, 2.75) is 9.79 Å². The molecule has 0 amide bonds. The normalized spacial score (nSPS) is 12.2. The third kappa shape index (κ3) is 1.83. The zero-order chi connectivity index (χ0) is 13.4. The van der Waals surface area contributed by atoms with Crippen molar-refractivity contribution in [3.05, 3.63) is 54.7 Å². The molecule has 2 aromatic carbocycles. The largest absolute Gasteiger partial charge is 0.353 e. The van der Waals surface area contributed by atoms with Crippen molar-refractivity contribution in [3.63, 3.8) is 0 Å². The second-order valence-corrected chi connectivity index (χ2v) is 5.49. The smallest absolute Gasteiger partial charge is 0.0984 e. The van der Waals surface area contributed by atoms with E-state index in [1.807, 2.05) is 24.3 Å². The Morgan fingerprint density at radius 2 is 1.80 bits per heavy atom. The van der Waals surface area contributed by atoms with Gasteiger partial charge in [-0.25, -0.2) is 0 Å². The summed E-state index contributed by atoms with van der Waals surface area (Å²) in [7, 11) is 0. The van der Waals surface area contributed by atoms with Gasteiger partial charge in [-0.05, 0) is 29.5 Å². The average molecular weight is 278 g/mol. The van der Waals surface area contributed by atoms with Gasteiger partial charge in [-0.15, -0.1) is 10.2 Å². The Morgan fingerprint density at radius 3 is 2.70 bits per heavy atom. The molecular formula is C15H10N4S. The standard InChI is InChI=1S/C15H10N4S/c1-2-6-13-12(5-1)17-15-10(4-3-7-14(15)20-13)11-8-9-16-19-18-11/h1-9,17H. The van der Waals surface area contributed by atoms with Gasteiger partial charge in [-0.1, -0.05) is 36.0 Å². The number of nitrogens with zero attached hydrogens (tertiary/aromatic N) is 3. The average Bonchev–Trinajstić information content (AvgIpc) is 2.53. The van der Waals surface area contributed by atoms with E-state index in [4.69, 9.17) is 0 Å². The minimum absolute atomic E-state index is 0.823. The van der Waals surface area contributed by atoms with Gasteiger partial charge < -0.3 is 5.32 Å². The summed E-state index contributed by atoms with van der Waals surface area (Å²) in [4.78, 5) is 2.43. The topological polar surface area (TPSA) is 50.7 Å². The van der Waals surface area contributed by atoms with Crippen molar-refractivity contribution < 1.29 is 0 Å². The van der Waals surface area contributed by atoms with Crippen LogP contribution in [0.15, 0.2) is 64.5 Å². The monoisotopic (exact) mass is 278 g/mol. The molecule has 0 radical (unpaired) electrons. The van der Waals surface area contributed by atoms with Crippen LogP contribution in [-0.2, 0) is 0 Å². The summed E-state index contributed by atoms with van der Waals surface area (Å²) in [6, 6.07) is 16.4. The van der Waals surface area contributed by atoms with Crippen molar-refractivity contribution >= 4 is 23.1 Å². The van der Waals surface area contributed by atoms with E-state index in [-0.39, 0.29) is 0 Å². The fourth-order valence-corrected chi connectivity index (χ4v) is 3.28. The Balaban J connectivity index is 1.87. The van der Waals surface area contributed by atoms with Crippen LogP contribution in [0.3, 0.4) is 0 Å². The van der Waals surface area contributed by atoms with Crippen LogP contribution in [-0.4, -0.2) is 15.4 Å².